The molecule has 0 spiro atoms. The highest BCUT2D eigenvalue weighted by Crippen LogP contribution is 2.31. The molecule has 0 aromatic heterocycles. The van der Waals surface area contributed by atoms with Gasteiger partial charge in [-0.1, -0.05) is 13.8 Å². The Bertz CT molecular complexity index is 297. The van der Waals surface area contributed by atoms with Gasteiger partial charge in [-0.05, 0) is 38.3 Å². The van der Waals surface area contributed by atoms with Gasteiger partial charge in [-0.25, -0.2) is 0 Å². The predicted molar refractivity (Wildman–Crippen MR) is 70.8 cm³/mol. The number of carbonyl (C=O) groups is 2. The van der Waals surface area contributed by atoms with Crippen LogP contribution in [-0.4, -0.2) is 31.4 Å². The molecule has 0 aromatic carbocycles. The summed E-state index contributed by atoms with van der Waals surface area (Å²) in [6.45, 7) is 6.46. The Balaban J connectivity index is 2.36. The van der Waals surface area contributed by atoms with Gasteiger partial charge in [0.15, 0.2) is 0 Å². The van der Waals surface area contributed by atoms with Gasteiger partial charge in [-0.15, -0.1) is 0 Å². The number of piperidine rings is 1. The SMILES string of the molecule is CC(C)(C(=O)NCCCC(N)=O)C1CCCNC1. The summed E-state index contributed by atoms with van der Waals surface area (Å²) >= 11 is 0. The summed E-state index contributed by atoms with van der Waals surface area (Å²) < 4.78 is 0. The van der Waals surface area contributed by atoms with Gasteiger partial charge < -0.3 is 16.4 Å². The molecule has 4 N–H and O–H groups in total. The first kappa shape index (κ1) is 15.0. The van der Waals surface area contributed by atoms with Gasteiger partial charge in [-0.2, -0.15) is 0 Å². The first-order valence-electron chi connectivity index (χ1n) is 6.72. The van der Waals surface area contributed by atoms with Crippen LogP contribution >= 0.6 is 0 Å². The summed E-state index contributed by atoms with van der Waals surface area (Å²) in [5.41, 5.74) is 4.69. The third kappa shape index (κ3) is 4.29. The number of primary amides is 1. The van der Waals surface area contributed by atoms with Crippen LogP contribution in [0.2, 0.25) is 0 Å². The van der Waals surface area contributed by atoms with Crippen LogP contribution in [0.1, 0.15) is 39.5 Å². The molecule has 0 aromatic rings. The quantitative estimate of drug-likeness (QED) is 0.600. The zero-order valence-corrected chi connectivity index (χ0v) is 11.4. The highest BCUT2D eigenvalue weighted by Gasteiger charge is 2.36. The lowest BCUT2D eigenvalue weighted by Gasteiger charge is -2.36. The lowest BCUT2D eigenvalue weighted by atomic mass is 9.74. The maximum Gasteiger partial charge on any atom is 0.225 e. The molecule has 1 atom stereocenters. The Morgan fingerprint density at radius 3 is 2.72 bits per heavy atom. The van der Waals surface area contributed by atoms with Crippen molar-refractivity contribution in [2.24, 2.45) is 17.1 Å². The molecule has 5 nitrogen and oxygen atoms in total. The highest BCUT2D eigenvalue weighted by atomic mass is 16.2. The molecule has 1 fully saturated rings. The average molecular weight is 255 g/mol. The lowest BCUT2D eigenvalue weighted by Crippen LogP contribution is -2.47. The molecule has 5 heteroatoms. The molecule has 2 amide bonds. The number of amides is 2. The summed E-state index contributed by atoms with van der Waals surface area (Å²) in [5.74, 6) is 0.128. The van der Waals surface area contributed by atoms with E-state index in [1.165, 1.54) is 0 Å². The van der Waals surface area contributed by atoms with Crippen molar-refractivity contribution in [3.8, 4) is 0 Å². The van der Waals surface area contributed by atoms with E-state index >= 15 is 0 Å². The average Bonchev–Trinajstić information content (AvgIpc) is 2.35. The van der Waals surface area contributed by atoms with Crippen molar-refractivity contribution in [2.75, 3.05) is 19.6 Å². The fraction of sp³-hybridized carbons (Fsp3) is 0.846. The number of nitrogens with two attached hydrogens (primary N) is 1. The summed E-state index contributed by atoms with van der Waals surface area (Å²) in [5, 5.41) is 6.24. The number of hydrogen-bond donors (Lipinski definition) is 3. The van der Waals surface area contributed by atoms with Crippen LogP contribution in [0.3, 0.4) is 0 Å². The largest absolute Gasteiger partial charge is 0.370 e. The molecule has 1 rings (SSSR count). The van der Waals surface area contributed by atoms with E-state index in [0.717, 1.165) is 25.9 Å². The molecule has 0 bridgehead atoms. The smallest absolute Gasteiger partial charge is 0.225 e. The fourth-order valence-electron chi connectivity index (χ4n) is 2.35. The Morgan fingerprint density at radius 1 is 1.44 bits per heavy atom. The summed E-state index contributed by atoms with van der Waals surface area (Å²) in [4.78, 5) is 22.7. The van der Waals surface area contributed by atoms with Crippen LogP contribution in [-0.2, 0) is 9.59 Å². The standard InChI is InChI=1S/C13H25N3O2/c1-13(2,10-5-3-7-15-9-10)12(18)16-8-4-6-11(14)17/h10,15H,3-9H2,1-2H3,(H2,14,17)(H,16,18). The van der Waals surface area contributed by atoms with Crippen LogP contribution in [0.4, 0.5) is 0 Å². The molecule has 1 heterocycles. The van der Waals surface area contributed by atoms with E-state index in [1.807, 2.05) is 13.8 Å². The van der Waals surface area contributed by atoms with Gasteiger partial charge in [0.25, 0.3) is 0 Å². The summed E-state index contributed by atoms with van der Waals surface area (Å²) in [7, 11) is 0. The van der Waals surface area contributed by atoms with Crippen molar-refractivity contribution in [1.29, 1.82) is 0 Å². The van der Waals surface area contributed by atoms with E-state index in [9.17, 15) is 9.59 Å². The molecule has 1 unspecified atom stereocenters. The van der Waals surface area contributed by atoms with Gasteiger partial charge in [-0.3, -0.25) is 9.59 Å². The first-order chi connectivity index (χ1) is 8.44. The first-order valence-corrected chi connectivity index (χ1v) is 6.72. The number of rotatable bonds is 6. The third-order valence-electron chi connectivity index (χ3n) is 3.79. The zero-order valence-electron chi connectivity index (χ0n) is 11.4. The van der Waals surface area contributed by atoms with E-state index in [-0.39, 0.29) is 17.2 Å². The highest BCUT2D eigenvalue weighted by molar-refractivity contribution is 5.82. The minimum Gasteiger partial charge on any atom is -0.370 e. The Morgan fingerprint density at radius 2 is 2.17 bits per heavy atom. The number of carbonyl (C=O) groups excluding carboxylic acids is 2. The maximum atomic E-state index is 12.2. The molecular weight excluding hydrogens is 230 g/mol. The van der Waals surface area contributed by atoms with E-state index in [4.69, 9.17) is 5.73 Å². The van der Waals surface area contributed by atoms with Crippen molar-refractivity contribution in [1.82, 2.24) is 10.6 Å². The van der Waals surface area contributed by atoms with E-state index in [1.54, 1.807) is 0 Å². The van der Waals surface area contributed by atoms with E-state index in [2.05, 4.69) is 10.6 Å². The second-order valence-corrected chi connectivity index (χ2v) is 5.59. The fourth-order valence-corrected chi connectivity index (χ4v) is 2.35. The van der Waals surface area contributed by atoms with Gasteiger partial charge in [0.1, 0.15) is 0 Å². The van der Waals surface area contributed by atoms with Crippen molar-refractivity contribution >= 4 is 11.8 Å². The van der Waals surface area contributed by atoms with Crippen LogP contribution in [0.15, 0.2) is 0 Å². The number of nitrogens with one attached hydrogen (secondary N) is 2. The van der Waals surface area contributed by atoms with E-state index in [0.29, 0.717) is 25.3 Å². The predicted octanol–water partition coefficient (Wildman–Crippen LogP) is 0.394. The molecule has 0 aliphatic carbocycles. The monoisotopic (exact) mass is 255 g/mol. The molecule has 1 aliphatic heterocycles. The van der Waals surface area contributed by atoms with Crippen LogP contribution in [0, 0.1) is 11.3 Å². The lowest BCUT2D eigenvalue weighted by molar-refractivity contribution is -0.132. The number of hydrogen-bond acceptors (Lipinski definition) is 3. The topological polar surface area (TPSA) is 84.2 Å². The van der Waals surface area contributed by atoms with Crippen LogP contribution < -0.4 is 16.4 Å². The van der Waals surface area contributed by atoms with Crippen molar-refractivity contribution in [3.05, 3.63) is 0 Å². The molecule has 0 saturated carbocycles. The minimum absolute atomic E-state index is 0.0701. The van der Waals surface area contributed by atoms with Crippen LogP contribution in [0.25, 0.3) is 0 Å². The summed E-state index contributed by atoms with van der Waals surface area (Å²) in [6, 6.07) is 0. The van der Waals surface area contributed by atoms with Crippen molar-refractivity contribution in [2.45, 2.75) is 39.5 Å². The van der Waals surface area contributed by atoms with Crippen molar-refractivity contribution in [3.63, 3.8) is 0 Å². The molecule has 0 radical (unpaired) electrons. The molecule has 1 aliphatic rings. The zero-order chi connectivity index (χ0) is 13.6. The second kappa shape index (κ2) is 6.73. The van der Waals surface area contributed by atoms with Gasteiger partial charge in [0.05, 0.1) is 0 Å². The van der Waals surface area contributed by atoms with E-state index < -0.39 is 0 Å². The normalized spacial score (nSPS) is 20.4. The third-order valence-corrected chi connectivity index (χ3v) is 3.79. The molecule has 1 saturated heterocycles. The summed E-state index contributed by atoms with van der Waals surface area (Å²) in [6.07, 6.45) is 3.16. The van der Waals surface area contributed by atoms with Gasteiger partial charge in [0.2, 0.25) is 11.8 Å². The molecular formula is C13H25N3O2. The van der Waals surface area contributed by atoms with Gasteiger partial charge >= 0.3 is 0 Å². The molecule has 104 valence electrons. The van der Waals surface area contributed by atoms with Gasteiger partial charge in [0, 0.05) is 18.4 Å². The Labute approximate surface area is 109 Å². The Kier molecular flexibility index (Phi) is 5.59. The molecule has 18 heavy (non-hydrogen) atoms. The minimum atomic E-state index is -0.361. The second-order valence-electron chi connectivity index (χ2n) is 5.59. The maximum absolute atomic E-state index is 12.2. The Hall–Kier alpha value is -1.10. The van der Waals surface area contributed by atoms with Crippen molar-refractivity contribution < 1.29 is 9.59 Å². The van der Waals surface area contributed by atoms with Crippen LogP contribution in [0.5, 0.6) is 0 Å².